The number of nitrogens with zero attached hydrogens (tertiary/aromatic N) is 2. The second kappa shape index (κ2) is 10.1. The van der Waals surface area contributed by atoms with Gasteiger partial charge in [0, 0.05) is 44.0 Å². The van der Waals surface area contributed by atoms with Gasteiger partial charge in [0.25, 0.3) is 0 Å². The van der Waals surface area contributed by atoms with Crippen LogP contribution in [0.15, 0.2) is 168 Å². The molecular formula is C41H26N2S. The molecular weight excluding hydrogens is 553 g/mol. The fourth-order valence-electron chi connectivity index (χ4n) is 6.81. The van der Waals surface area contributed by atoms with E-state index in [0.29, 0.717) is 0 Å². The van der Waals surface area contributed by atoms with Crippen LogP contribution in [0.3, 0.4) is 0 Å². The van der Waals surface area contributed by atoms with Gasteiger partial charge in [-0.2, -0.15) is 0 Å². The molecule has 2 heterocycles. The van der Waals surface area contributed by atoms with E-state index in [0.717, 1.165) is 0 Å². The molecule has 206 valence electrons. The maximum absolute atomic E-state index is 4.63. The summed E-state index contributed by atoms with van der Waals surface area (Å²) in [5, 5.41) is 9.92. The fourth-order valence-corrected chi connectivity index (χ4v) is 7.94. The summed E-state index contributed by atoms with van der Waals surface area (Å²) in [6.07, 6.45) is 3.96. The van der Waals surface area contributed by atoms with Crippen LogP contribution in [-0.4, -0.2) is 9.55 Å². The minimum atomic E-state index is 1.17. The van der Waals surface area contributed by atoms with Crippen molar-refractivity contribution < 1.29 is 0 Å². The largest absolute Gasteiger partial charge is 0.309 e. The molecule has 44 heavy (non-hydrogen) atoms. The standard InChI is InChI=1S/C41H26N2S/c1-2-13-28(14-3-1)43-38-20-9-8-16-31(38)36-25-29(21-22-39(36)43)44-41-34-18-7-6-17-33(34)40(37-26-42-24-23-35(37)41)32-19-10-12-27-11-4-5-15-30(27)32/h1-26H. The lowest BCUT2D eigenvalue weighted by atomic mass is 9.90. The summed E-state index contributed by atoms with van der Waals surface area (Å²) in [5.74, 6) is 0. The Bertz CT molecular complexity index is 2470. The molecule has 0 aliphatic heterocycles. The van der Waals surface area contributed by atoms with Crippen LogP contribution < -0.4 is 0 Å². The van der Waals surface area contributed by atoms with Gasteiger partial charge in [-0.3, -0.25) is 4.98 Å². The smallest absolute Gasteiger partial charge is 0.0541 e. The van der Waals surface area contributed by atoms with Crippen molar-refractivity contribution in [3.05, 3.63) is 158 Å². The van der Waals surface area contributed by atoms with Gasteiger partial charge in [0.15, 0.2) is 0 Å². The minimum Gasteiger partial charge on any atom is -0.309 e. The molecule has 7 aromatic carbocycles. The number of fused-ring (bicyclic) bond motifs is 6. The van der Waals surface area contributed by atoms with Gasteiger partial charge < -0.3 is 4.57 Å². The molecule has 0 saturated carbocycles. The van der Waals surface area contributed by atoms with Crippen molar-refractivity contribution in [3.8, 4) is 16.8 Å². The molecule has 0 unspecified atom stereocenters. The van der Waals surface area contributed by atoms with E-state index in [1.807, 2.05) is 24.2 Å². The van der Waals surface area contributed by atoms with Crippen molar-refractivity contribution in [1.82, 2.24) is 9.55 Å². The second-order valence-electron chi connectivity index (χ2n) is 11.2. The van der Waals surface area contributed by atoms with E-state index in [1.54, 1.807) is 0 Å². The van der Waals surface area contributed by atoms with E-state index in [9.17, 15) is 0 Å². The van der Waals surface area contributed by atoms with Gasteiger partial charge in [-0.1, -0.05) is 115 Å². The van der Waals surface area contributed by atoms with Crippen molar-refractivity contribution >= 4 is 65.9 Å². The molecule has 0 aliphatic rings. The van der Waals surface area contributed by atoms with Gasteiger partial charge in [0.1, 0.15) is 0 Å². The molecule has 2 aromatic heterocycles. The SMILES string of the molecule is c1ccc(-n2c3ccccc3c3cc(Sc4c5ccccc5c(-c5cccc6ccccc56)c5cnccc45)ccc32)cc1. The first-order valence-electron chi connectivity index (χ1n) is 14.9. The molecule has 9 rings (SSSR count). The van der Waals surface area contributed by atoms with Gasteiger partial charge in [0.2, 0.25) is 0 Å². The molecule has 0 N–H and O–H groups in total. The topological polar surface area (TPSA) is 17.8 Å². The lowest BCUT2D eigenvalue weighted by molar-refractivity contribution is 1.18. The van der Waals surface area contributed by atoms with Crippen molar-refractivity contribution in [1.29, 1.82) is 0 Å². The van der Waals surface area contributed by atoms with Gasteiger partial charge in [0.05, 0.1) is 11.0 Å². The highest BCUT2D eigenvalue weighted by atomic mass is 32.2. The first-order chi connectivity index (χ1) is 21.8. The third-order valence-corrected chi connectivity index (χ3v) is 9.85. The van der Waals surface area contributed by atoms with Crippen LogP contribution in [0.1, 0.15) is 0 Å². The van der Waals surface area contributed by atoms with Gasteiger partial charge >= 0.3 is 0 Å². The molecule has 0 aliphatic carbocycles. The third kappa shape index (κ3) is 3.87. The van der Waals surface area contributed by atoms with Crippen molar-refractivity contribution in [2.45, 2.75) is 9.79 Å². The van der Waals surface area contributed by atoms with Gasteiger partial charge in [-0.25, -0.2) is 0 Å². The highest BCUT2D eigenvalue weighted by Gasteiger charge is 2.19. The minimum absolute atomic E-state index is 1.17. The molecule has 0 atom stereocenters. The maximum atomic E-state index is 4.63. The van der Waals surface area contributed by atoms with E-state index in [2.05, 4.69) is 155 Å². The molecule has 3 heteroatoms. The van der Waals surface area contributed by atoms with E-state index in [1.165, 1.54) is 80.7 Å². The Morgan fingerprint density at radius 2 is 1.16 bits per heavy atom. The highest BCUT2D eigenvalue weighted by Crippen LogP contribution is 2.47. The number of hydrogen-bond donors (Lipinski definition) is 0. The summed E-state index contributed by atoms with van der Waals surface area (Å²) in [4.78, 5) is 7.10. The van der Waals surface area contributed by atoms with Crippen LogP contribution in [0.25, 0.3) is 70.9 Å². The Morgan fingerprint density at radius 3 is 2.05 bits per heavy atom. The Labute approximate surface area is 259 Å². The van der Waals surface area contributed by atoms with Crippen LogP contribution in [0.2, 0.25) is 0 Å². The zero-order valence-corrected chi connectivity index (χ0v) is 24.6. The first kappa shape index (κ1) is 25.1. The summed E-state index contributed by atoms with van der Waals surface area (Å²) < 4.78 is 2.37. The Balaban J connectivity index is 1.28. The average molecular weight is 579 g/mol. The van der Waals surface area contributed by atoms with Crippen molar-refractivity contribution in [3.63, 3.8) is 0 Å². The normalized spacial score (nSPS) is 11.7. The molecule has 0 saturated heterocycles. The molecule has 9 aromatic rings. The zero-order chi connectivity index (χ0) is 29.0. The number of hydrogen-bond acceptors (Lipinski definition) is 2. The lowest BCUT2D eigenvalue weighted by Gasteiger charge is -2.18. The lowest BCUT2D eigenvalue weighted by Crippen LogP contribution is -1.93. The summed E-state index contributed by atoms with van der Waals surface area (Å²) >= 11 is 1.85. The zero-order valence-electron chi connectivity index (χ0n) is 23.8. The van der Waals surface area contributed by atoms with E-state index < -0.39 is 0 Å². The molecule has 0 bridgehead atoms. The summed E-state index contributed by atoms with van der Waals surface area (Å²) in [7, 11) is 0. The number of aromatic nitrogens is 2. The van der Waals surface area contributed by atoms with Crippen LogP contribution >= 0.6 is 11.8 Å². The molecule has 0 spiro atoms. The van der Waals surface area contributed by atoms with Crippen LogP contribution in [0, 0.1) is 0 Å². The monoisotopic (exact) mass is 578 g/mol. The predicted octanol–water partition coefficient (Wildman–Crippen LogP) is 11.5. The van der Waals surface area contributed by atoms with E-state index in [-0.39, 0.29) is 0 Å². The van der Waals surface area contributed by atoms with E-state index >= 15 is 0 Å². The van der Waals surface area contributed by atoms with Crippen LogP contribution in [-0.2, 0) is 0 Å². The highest BCUT2D eigenvalue weighted by molar-refractivity contribution is 7.99. The van der Waals surface area contributed by atoms with Crippen LogP contribution in [0.4, 0.5) is 0 Å². The molecule has 0 radical (unpaired) electrons. The number of benzene rings is 7. The predicted molar refractivity (Wildman–Crippen MR) is 187 cm³/mol. The number of rotatable bonds is 4. The summed E-state index contributed by atoms with van der Waals surface area (Å²) in [6, 6.07) is 52.5. The first-order valence-corrected chi connectivity index (χ1v) is 15.7. The fraction of sp³-hybridized carbons (Fsp3) is 0. The Hall–Kier alpha value is -5.38. The van der Waals surface area contributed by atoms with E-state index in [4.69, 9.17) is 0 Å². The molecule has 2 nitrogen and oxygen atoms in total. The van der Waals surface area contributed by atoms with Crippen molar-refractivity contribution in [2.75, 3.05) is 0 Å². The van der Waals surface area contributed by atoms with Crippen LogP contribution in [0.5, 0.6) is 0 Å². The summed E-state index contributed by atoms with van der Waals surface area (Å²) in [6.45, 7) is 0. The quantitative estimate of drug-likeness (QED) is 0.193. The maximum Gasteiger partial charge on any atom is 0.0541 e. The number of pyridine rings is 1. The second-order valence-corrected chi connectivity index (χ2v) is 12.3. The third-order valence-electron chi connectivity index (χ3n) is 8.71. The molecule has 0 fully saturated rings. The average Bonchev–Trinajstić information content (AvgIpc) is 3.42. The Kier molecular flexibility index (Phi) is 5.78. The van der Waals surface area contributed by atoms with Gasteiger partial charge in [-0.15, -0.1) is 0 Å². The van der Waals surface area contributed by atoms with Crippen molar-refractivity contribution in [2.24, 2.45) is 0 Å². The summed E-state index contributed by atoms with van der Waals surface area (Å²) in [5.41, 5.74) is 6.09. The molecule has 0 amide bonds. The Morgan fingerprint density at radius 1 is 0.477 bits per heavy atom. The van der Waals surface area contributed by atoms with Gasteiger partial charge in [-0.05, 0) is 80.5 Å². The number of para-hydroxylation sites is 2.